The summed E-state index contributed by atoms with van der Waals surface area (Å²) < 4.78 is 10.9. The number of ether oxygens (including phenoxy) is 2. The summed E-state index contributed by atoms with van der Waals surface area (Å²) in [6.45, 7) is 1.89. The first-order valence-electron chi connectivity index (χ1n) is 9.13. The van der Waals surface area contributed by atoms with Gasteiger partial charge in [0.15, 0.2) is 5.82 Å². The van der Waals surface area contributed by atoms with Gasteiger partial charge in [-0.05, 0) is 18.9 Å². The molecule has 8 heteroatoms. The van der Waals surface area contributed by atoms with Crippen molar-refractivity contribution in [2.75, 3.05) is 37.1 Å². The van der Waals surface area contributed by atoms with E-state index in [1.807, 2.05) is 18.3 Å². The molecule has 1 N–H and O–H groups in total. The van der Waals surface area contributed by atoms with E-state index in [0.29, 0.717) is 31.7 Å². The molecule has 1 aliphatic heterocycles. The molecule has 2 aromatic rings. The second-order valence-corrected chi connectivity index (χ2v) is 6.63. The summed E-state index contributed by atoms with van der Waals surface area (Å²) in [5.74, 6) is 2.96. The van der Waals surface area contributed by atoms with Crippen LogP contribution in [0, 0.1) is 0 Å². The molecular weight excluding hydrogens is 332 g/mol. The van der Waals surface area contributed by atoms with Crippen molar-refractivity contribution in [3.63, 3.8) is 0 Å². The van der Waals surface area contributed by atoms with Crippen LogP contribution in [0.2, 0.25) is 0 Å². The molecule has 3 heterocycles. The van der Waals surface area contributed by atoms with Crippen LogP contribution in [0.15, 0.2) is 24.7 Å². The third-order valence-corrected chi connectivity index (χ3v) is 4.94. The SMILES string of the molecule is COc1cc(N2CCOCC2c2nccc(NC3CCCC3)n2)ncn1. The van der Waals surface area contributed by atoms with Crippen LogP contribution in [0.4, 0.5) is 11.6 Å². The minimum atomic E-state index is -0.0892. The summed E-state index contributed by atoms with van der Waals surface area (Å²) in [5.41, 5.74) is 0. The Balaban J connectivity index is 1.57. The van der Waals surface area contributed by atoms with Crippen LogP contribution < -0.4 is 15.0 Å². The molecule has 4 rings (SSSR count). The molecule has 0 amide bonds. The second kappa shape index (κ2) is 7.82. The number of morpholine rings is 1. The molecule has 1 atom stereocenters. The van der Waals surface area contributed by atoms with E-state index in [-0.39, 0.29) is 6.04 Å². The standard InChI is InChI=1S/C18H24N6O2/c1-25-17-10-16(20-12-21-17)24-8-9-26-11-14(24)18-19-7-6-15(23-18)22-13-4-2-3-5-13/h6-7,10,12-14H,2-5,8-9,11H2,1H3,(H,19,22,23). The van der Waals surface area contributed by atoms with Crippen molar-refractivity contribution < 1.29 is 9.47 Å². The minimum absolute atomic E-state index is 0.0892. The minimum Gasteiger partial charge on any atom is -0.481 e. The van der Waals surface area contributed by atoms with Crippen molar-refractivity contribution in [3.8, 4) is 5.88 Å². The van der Waals surface area contributed by atoms with Crippen LogP contribution in [0.3, 0.4) is 0 Å². The molecule has 1 aliphatic carbocycles. The fourth-order valence-electron chi connectivity index (χ4n) is 3.58. The number of nitrogens with zero attached hydrogens (tertiary/aromatic N) is 5. The zero-order valence-electron chi connectivity index (χ0n) is 15.0. The van der Waals surface area contributed by atoms with Crippen molar-refractivity contribution in [1.29, 1.82) is 0 Å². The topological polar surface area (TPSA) is 85.3 Å². The number of anilines is 2. The first-order chi connectivity index (χ1) is 12.8. The van der Waals surface area contributed by atoms with Gasteiger partial charge >= 0.3 is 0 Å². The number of hydrogen-bond donors (Lipinski definition) is 1. The van der Waals surface area contributed by atoms with Crippen LogP contribution in [0.25, 0.3) is 0 Å². The van der Waals surface area contributed by atoms with Crippen LogP contribution >= 0.6 is 0 Å². The van der Waals surface area contributed by atoms with Gasteiger partial charge < -0.3 is 19.7 Å². The number of rotatable bonds is 5. The Morgan fingerprint density at radius 1 is 1.23 bits per heavy atom. The van der Waals surface area contributed by atoms with E-state index in [2.05, 4.69) is 25.2 Å². The normalized spacial score (nSPS) is 21.0. The highest BCUT2D eigenvalue weighted by Crippen LogP contribution is 2.29. The van der Waals surface area contributed by atoms with Crippen LogP contribution in [-0.2, 0) is 4.74 Å². The summed E-state index contributed by atoms with van der Waals surface area (Å²) in [4.78, 5) is 19.9. The average Bonchev–Trinajstić information content (AvgIpc) is 3.21. The van der Waals surface area contributed by atoms with E-state index in [1.54, 1.807) is 7.11 Å². The summed E-state index contributed by atoms with van der Waals surface area (Å²) in [6.07, 6.45) is 8.31. The van der Waals surface area contributed by atoms with Gasteiger partial charge in [0.1, 0.15) is 24.0 Å². The van der Waals surface area contributed by atoms with Gasteiger partial charge in [0.2, 0.25) is 5.88 Å². The number of methoxy groups -OCH3 is 1. The van der Waals surface area contributed by atoms with E-state index in [9.17, 15) is 0 Å². The second-order valence-electron chi connectivity index (χ2n) is 6.63. The molecule has 2 aromatic heterocycles. The maximum absolute atomic E-state index is 5.70. The highest BCUT2D eigenvalue weighted by molar-refractivity contribution is 5.44. The van der Waals surface area contributed by atoms with E-state index in [4.69, 9.17) is 14.5 Å². The van der Waals surface area contributed by atoms with E-state index in [1.165, 1.54) is 32.0 Å². The number of nitrogens with one attached hydrogen (secondary N) is 1. The molecule has 0 bridgehead atoms. The molecule has 1 saturated heterocycles. The predicted molar refractivity (Wildman–Crippen MR) is 97.4 cm³/mol. The lowest BCUT2D eigenvalue weighted by Gasteiger charge is -2.35. The lowest BCUT2D eigenvalue weighted by molar-refractivity contribution is 0.0913. The monoisotopic (exact) mass is 356 g/mol. The molecule has 0 spiro atoms. The lowest BCUT2D eigenvalue weighted by Crippen LogP contribution is -2.41. The Morgan fingerprint density at radius 2 is 2.12 bits per heavy atom. The fraction of sp³-hybridized carbons (Fsp3) is 0.556. The smallest absolute Gasteiger partial charge is 0.218 e. The predicted octanol–water partition coefficient (Wildman–Crippen LogP) is 2.21. The summed E-state index contributed by atoms with van der Waals surface area (Å²) >= 11 is 0. The maximum atomic E-state index is 5.70. The van der Waals surface area contributed by atoms with E-state index >= 15 is 0 Å². The van der Waals surface area contributed by atoms with Crippen LogP contribution in [0.1, 0.15) is 37.5 Å². The Kier molecular flexibility index (Phi) is 5.10. The average molecular weight is 356 g/mol. The number of aromatic nitrogens is 4. The van der Waals surface area contributed by atoms with Crippen molar-refractivity contribution in [2.24, 2.45) is 0 Å². The highest BCUT2D eigenvalue weighted by atomic mass is 16.5. The molecule has 1 unspecified atom stereocenters. The Hall–Kier alpha value is -2.48. The zero-order chi connectivity index (χ0) is 17.8. The van der Waals surface area contributed by atoms with Gasteiger partial charge in [-0.3, -0.25) is 0 Å². The molecular formula is C18H24N6O2. The first kappa shape index (κ1) is 17.0. The maximum Gasteiger partial charge on any atom is 0.218 e. The van der Waals surface area contributed by atoms with Gasteiger partial charge in [0.25, 0.3) is 0 Å². The van der Waals surface area contributed by atoms with Gasteiger partial charge in [-0.25, -0.2) is 19.9 Å². The third-order valence-electron chi connectivity index (χ3n) is 4.94. The number of hydrogen-bond acceptors (Lipinski definition) is 8. The van der Waals surface area contributed by atoms with Crippen molar-refractivity contribution >= 4 is 11.6 Å². The highest BCUT2D eigenvalue weighted by Gasteiger charge is 2.29. The largest absolute Gasteiger partial charge is 0.481 e. The molecule has 8 nitrogen and oxygen atoms in total. The lowest BCUT2D eigenvalue weighted by atomic mass is 10.2. The molecule has 2 fully saturated rings. The molecule has 1 saturated carbocycles. The van der Waals surface area contributed by atoms with E-state index < -0.39 is 0 Å². The zero-order valence-corrected chi connectivity index (χ0v) is 15.0. The van der Waals surface area contributed by atoms with Crippen molar-refractivity contribution in [2.45, 2.75) is 37.8 Å². The Labute approximate surface area is 153 Å². The molecule has 2 aliphatic rings. The van der Waals surface area contributed by atoms with Crippen LogP contribution in [-0.4, -0.2) is 52.8 Å². The summed E-state index contributed by atoms with van der Waals surface area (Å²) in [7, 11) is 1.60. The van der Waals surface area contributed by atoms with Crippen molar-refractivity contribution in [3.05, 3.63) is 30.5 Å². The van der Waals surface area contributed by atoms with Crippen LogP contribution in [0.5, 0.6) is 5.88 Å². The molecule has 0 aromatic carbocycles. The third kappa shape index (κ3) is 3.70. The first-order valence-corrected chi connectivity index (χ1v) is 9.13. The van der Waals surface area contributed by atoms with Crippen molar-refractivity contribution in [1.82, 2.24) is 19.9 Å². The Bertz CT molecular complexity index is 737. The summed E-state index contributed by atoms with van der Waals surface area (Å²) in [6, 6.07) is 4.19. The van der Waals surface area contributed by atoms with Gasteiger partial charge in [-0.1, -0.05) is 12.8 Å². The summed E-state index contributed by atoms with van der Waals surface area (Å²) in [5, 5.41) is 3.54. The fourth-order valence-corrected chi connectivity index (χ4v) is 3.58. The Morgan fingerprint density at radius 3 is 2.96 bits per heavy atom. The van der Waals surface area contributed by atoms with Gasteiger partial charge in [0, 0.05) is 24.8 Å². The molecule has 0 radical (unpaired) electrons. The molecule has 138 valence electrons. The van der Waals surface area contributed by atoms with E-state index in [0.717, 1.165) is 17.5 Å². The molecule has 26 heavy (non-hydrogen) atoms. The quantitative estimate of drug-likeness (QED) is 0.873. The van der Waals surface area contributed by atoms with Gasteiger partial charge in [-0.15, -0.1) is 0 Å². The van der Waals surface area contributed by atoms with Gasteiger partial charge in [0.05, 0.1) is 20.3 Å². The van der Waals surface area contributed by atoms with Gasteiger partial charge in [-0.2, -0.15) is 0 Å².